The zero-order chi connectivity index (χ0) is 12.5. The zero-order valence-corrected chi connectivity index (χ0v) is 11.1. The molecule has 4 heteroatoms. The van der Waals surface area contributed by atoms with Crippen LogP contribution in [0.2, 0.25) is 0 Å². The molecular formula is C13H18N2OS. The van der Waals surface area contributed by atoms with Gasteiger partial charge in [-0.25, -0.2) is 0 Å². The van der Waals surface area contributed by atoms with Crippen LogP contribution < -0.4 is 10.1 Å². The third-order valence-corrected chi connectivity index (χ3v) is 3.14. The predicted molar refractivity (Wildman–Crippen MR) is 73.8 cm³/mol. The number of unbranched alkanes of at least 4 members (excludes halogenated alkanes) is 1. The summed E-state index contributed by atoms with van der Waals surface area (Å²) >= 11 is 1.86. The van der Waals surface area contributed by atoms with Crippen LogP contribution in [0, 0.1) is 11.3 Å². The average Bonchev–Trinajstić information content (AvgIpc) is 2.38. The first kappa shape index (κ1) is 13.7. The molecule has 3 nitrogen and oxygen atoms in total. The number of nitrogens with zero attached hydrogens (tertiary/aromatic N) is 1. The second-order valence-corrected chi connectivity index (χ2v) is 4.61. The van der Waals surface area contributed by atoms with Crippen molar-refractivity contribution in [1.29, 1.82) is 5.26 Å². The van der Waals surface area contributed by atoms with Crippen molar-refractivity contribution < 1.29 is 4.74 Å². The monoisotopic (exact) mass is 250 g/mol. The van der Waals surface area contributed by atoms with Gasteiger partial charge in [0.15, 0.2) is 0 Å². The maximum atomic E-state index is 9.03. The van der Waals surface area contributed by atoms with Gasteiger partial charge in [-0.15, -0.1) is 0 Å². The number of ether oxygens (including phenoxy) is 1. The van der Waals surface area contributed by atoms with Crippen molar-refractivity contribution >= 4 is 17.4 Å². The van der Waals surface area contributed by atoms with E-state index >= 15 is 0 Å². The third-order valence-electron chi connectivity index (χ3n) is 2.44. The number of anilines is 1. The molecule has 0 bridgehead atoms. The number of hydrogen-bond acceptors (Lipinski definition) is 4. The number of nitriles is 1. The Balaban J connectivity index is 2.59. The number of methoxy groups -OCH3 is 1. The van der Waals surface area contributed by atoms with Crippen LogP contribution in [0.3, 0.4) is 0 Å². The number of hydrogen-bond donors (Lipinski definition) is 1. The maximum absolute atomic E-state index is 9.03. The molecule has 0 aliphatic carbocycles. The minimum absolute atomic E-state index is 0.634. The van der Waals surface area contributed by atoms with Crippen LogP contribution in [-0.2, 0) is 0 Å². The second kappa shape index (κ2) is 7.86. The molecule has 0 fully saturated rings. The molecule has 17 heavy (non-hydrogen) atoms. The van der Waals surface area contributed by atoms with Gasteiger partial charge >= 0.3 is 0 Å². The number of thioether (sulfide) groups is 1. The van der Waals surface area contributed by atoms with Crippen molar-refractivity contribution in [3.63, 3.8) is 0 Å². The highest BCUT2D eigenvalue weighted by Crippen LogP contribution is 2.27. The number of benzene rings is 1. The van der Waals surface area contributed by atoms with Gasteiger partial charge in [-0.3, -0.25) is 0 Å². The fraction of sp³-hybridized carbons (Fsp3) is 0.462. The molecule has 0 aliphatic heterocycles. The summed E-state index contributed by atoms with van der Waals surface area (Å²) in [4.78, 5) is 0. The number of rotatable bonds is 7. The summed E-state index contributed by atoms with van der Waals surface area (Å²) in [6.45, 7) is 0.871. The smallest absolute Gasteiger partial charge is 0.143 e. The molecule has 0 aliphatic rings. The molecule has 0 heterocycles. The van der Waals surface area contributed by atoms with Crippen LogP contribution in [0.4, 0.5) is 5.69 Å². The van der Waals surface area contributed by atoms with E-state index < -0.39 is 0 Å². The Morgan fingerprint density at radius 3 is 2.88 bits per heavy atom. The Morgan fingerprint density at radius 2 is 2.24 bits per heavy atom. The molecule has 1 N–H and O–H groups in total. The van der Waals surface area contributed by atoms with Gasteiger partial charge in [0.1, 0.15) is 11.8 Å². The van der Waals surface area contributed by atoms with Crippen LogP contribution >= 0.6 is 11.8 Å². The molecule has 92 valence electrons. The standard InChI is InChI=1S/C13H18N2OS/c1-16-12-7-5-6-11(10-14)13(12)15-8-3-4-9-17-2/h5-7,15H,3-4,8-9H2,1-2H3. The zero-order valence-electron chi connectivity index (χ0n) is 10.3. The highest BCUT2D eigenvalue weighted by atomic mass is 32.2. The fourth-order valence-corrected chi connectivity index (χ4v) is 2.05. The Labute approximate surface area is 107 Å². The molecule has 1 rings (SSSR count). The highest BCUT2D eigenvalue weighted by molar-refractivity contribution is 7.98. The van der Waals surface area contributed by atoms with Crippen LogP contribution in [0.1, 0.15) is 18.4 Å². The lowest BCUT2D eigenvalue weighted by molar-refractivity contribution is 0.416. The van der Waals surface area contributed by atoms with Crippen LogP contribution in [0.15, 0.2) is 18.2 Å². The van der Waals surface area contributed by atoms with E-state index in [1.54, 1.807) is 13.2 Å². The van der Waals surface area contributed by atoms with Gasteiger partial charge in [0, 0.05) is 6.54 Å². The van der Waals surface area contributed by atoms with E-state index in [9.17, 15) is 0 Å². The molecule has 0 spiro atoms. The molecule has 0 saturated carbocycles. The van der Waals surface area contributed by atoms with E-state index in [1.165, 1.54) is 12.2 Å². The van der Waals surface area contributed by atoms with Crippen LogP contribution in [0.25, 0.3) is 0 Å². The van der Waals surface area contributed by atoms with E-state index in [1.807, 2.05) is 23.9 Å². The molecule has 0 amide bonds. The topological polar surface area (TPSA) is 45.0 Å². The van der Waals surface area contributed by atoms with E-state index in [0.29, 0.717) is 5.56 Å². The lowest BCUT2D eigenvalue weighted by Gasteiger charge is -2.12. The molecule has 0 saturated heterocycles. The lowest BCUT2D eigenvalue weighted by atomic mass is 10.1. The summed E-state index contributed by atoms with van der Waals surface area (Å²) in [6, 6.07) is 7.67. The van der Waals surface area contributed by atoms with Gasteiger partial charge in [-0.1, -0.05) is 6.07 Å². The van der Waals surface area contributed by atoms with Crippen molar-refractivity contribution in [1.82, 2.24) is 0 Å². The van der Waals surface area contributed by atoms with Crippen molar-refractivity contribution in [3.8, 4) is 11.8 Å². The van der Waals surface area contributed by atoms with E-state index in [4.69, 9.17) is 10.00 Å². The Kier molecular flexibility index (Phi) is 6.34. The second-order valence-electron chi connectivity index (χ2n) is 3.62. The normalized spacial score (nSPS) is 9.71. The highest BCUT2D eigenvalue weighted by Gasteiger charge is 2.07. The van der Waals surface area contributed by atoms with Crippen molar-refractivity contribution in [2.24, 2.45) is 0 Å². The van der Waals surface area contributed by atoms with Gasteiger partial charge in [0.2, 0.25) is 0 Å². The molecule has 0 unspecified atom stereocenters. The SMILES string of the molecule is COc1cccc(C#N)c1NCCCCSC. The van der Waals surface area contributed by atoms with Crippen LogP contribution in [0.5, 0.6) is 5.75 Å². The van der Waals surface area contributed by atoms with Gasteiger partial charge in [0.05, 0.1) is 18.4 Å². The summed E-state index contributed by atoms with van der Waals surface area (Å²) < 4.78 is 5.25. The van der Waals surface area contributed by atoms with E-state index in [-0.39, 0.29) is 0 Å². The summed E-state index contributed by atoms with van der Waals surface area (Å²) in [7, 11) is 1.62. The minimum atomic E-state index is 0.634. The Hall–Kier alpha value is -1.34. The molecular weight excluding hydrogens is 232 g/mol. The predicted octanol–water partition coefficient (Wildman–Crippen LogP) is 3.12. The minimum Gasteiger partial charge on any atom is -0.495 e. The molecule has 1 aromatic carbocycles. The molecule has 0 atom stereocenters. The summed E-state index contributed by atoms with van der Waals surface area (Å²) in [6.07, 6.45) is 4.40. The van der Waals surface area contributed by atoms with Gasteiger partial charge in [-0.2, -0.15) is 17.0 Å². The van der Waals surface area contributed by atoms with Crippen molar-refractivity contribution in [2.75, 3.05) is 31.0 Å². The quantitative estimate of drug-likeness (QED) is 0.755. The Morgan fingerprint density at radius 1 is 1.41 bits per heavy atom. The number of nitrogens with one attached hydrogen (secondary N) is 1. The molecule has 1 aromatic rings. The van der Waals surface area contributed by atoms with Crippen molar-refractivity contribution in [2.45, 2.75) is 12.8 Å². The summed E-state index contributed by atoms with van der Waals surface area (Å²) in [5.41, 5.74) is 1.44. The summed E-state index contributed by atoms with van der Waals surface area (Å²) in [5, 5.41) is 12.3. The third kappa shape index (κ3) is 4.20. The molecule has 0 aromatic heterocycles. The Bertz CT molecular complexity index is 387. The maximum Gasteiger partial charge on any atom is 0.143 e. The van der Waals surface area contributed by atoms with Crippen molar-refractivity contribution in [3.05, 3.63) is 23.8 Å². The largest absolute Gasteiger partial charge is 0.495 e. The van der Waals surface area contributed by atoms with E-state index in [2.05, 4.69) is 17.6 Å². The first-order valence-corrected chi connectivity index (χ1v) is 7.02. The number of para-hydroxylation sites is 1. The van der Waals surface area contributed by atoms with E-state index in [0.717, 1.165) is 24.4 Å². The lowest BCUT2D eigenvalue weighted by Crippen LogP contribution is -2.05. The van der Waals surface area contributed by atoms with Gasteiger partial charge < -0.3 is 10.1 Å². The summed E-state index contributed by atoms with van der Waals surface area (Å²) in [5.74, 6) is 1.91. The van der Waals surface area contributed by atoms with Gasteiger partial charge in [-0.05, 0) is 37.0 Å². The van der Waals surface area contributed by atoms with Crippen LogP contribution in [-0.4, -0.2) is 25.7 Å². The fourth-order valence-electron chi connectivity index (χ4n) is 1.56. The first-order valence-electron chi connectivity index (χ1n) is 5.63. The molecule has 0 radical (unpaired) electrons. The average molecular weight is 250 g/mol. The first-order chi connectivity index (χ1) is 8.33. The van der Waals surface area contributed by atoms with Gasteiger partial charge in [0.25, 0.3) is 0 Å².